The van der Waals surface area contributed by atoms with Gasteiger partial charge in [-0.1, -0.05) is 60.7 Å². The predicted molar refractivity (Wildman–Crippen MR) is 125 cm³/mol. The Morgan fingerprint density at radius 2 is 1.66 bits per heavy atom. The van der Waals surface area contributed by atoms with Crippen molar-refractivity contribution in [3.63, 3.8) is 0 Å². The van der Waals surface area contributed by atoms with Gasteiger partial charge in [0.2, 0.25) is 15.9 Å². The summed E-state index contributed by atoms with van der Waals surface area (Å²) in [6.07, 6.45) is 4.23. The zero-order chi connectivity index (χ0) is 22.4. The van der Waals surface area contributed by atoms with Crippen molar-refractivity contribution in [2.45, 2.75) is 19.4 Å². The molecule has 0 spiro atoms. The van der Waals surface area contributed by atoms with Gasteiger partial charge in [0, 0.05) is 30.5 Å². The summed E-state index contributed by atoms with van der Waals surface area (Å²) < 4.78 is 28.5. The van der Waals surface area contributed by atoms with Crippen molar-refractivity contribution in [2.75, 3.05) is 18.4 Å². The van der Waals surface area contributed by atoms with Gasteiger partial charge in [-0.25, -0.2) is 13.1 Å². The molecule has 0 aliphatic carbocycles. The number of benzene rings is 2. The lowest BCUT2D eigenvalue weighted by molar-refractivity contribution is -0.121. The fourth-order valence-electron chi connectivity index (χ4n) is 3.74. The molecule has 2 heterocycles. The highest BCUT2D eigenvalue weighted by Crippen LogP contribution is 2.22. The number of nitrogens with zero attached hydrogens (tertiary/aromatic N) is 3. The number of amides is 1. The highest BCUT2D eigenvalue weighted by atomic mass is 32.2. The topological polar surface area (TPSA) is 84.3 Å². The molecular weight excluding hydrogens is 424 g/mol. The van der Waals surface area contributed by atoms with Gasteiger partial charge in [-0.05, 0) is 30.0 Å². The van der Waals surface area contributed by atoms with Crippen LogP contribution in [0.1, 0.15) is 24.0 Å². The highest BCUT2D eigenvalue weighted by molar-refractivity contribution is 7.92. The molecule has 1 fully saturated rings. The average Bonchev–Trinajstić information content (AvgIpc) is 3.25. The summed E-state index contributed by atoms with van der Waals surface area (Å²) in [6, 6.07) is 21.0. The summed E-state index contributed by atoms with van der Waals surface area (Å²) in [7, 11) is -3.51. The Labute approximate surface area is 188 Å². The van der Waals surface area contributed by atoms with Gasteiger partial charge in [-0.3, -0.25) is 4.79 Å². The summed E-state index contributed by atoms with van der Waals surface area (Å²) in [6.45, 7) is 1.21. The third kappa shape index (κ3) is 5.52. The normalized spacial score (nSPS) is 15.8. The zero-order valence-electron chi connectivity index (χ0n) is 17.7. The molecule has 8 heteroatoms. The first-order chi connectivity index (χ1) is 15.5. The summed E-state index contributed by atoms with van der Waals surface area (Å²) in [5.41, 5.74) is 1.92. The second kappa shape index (κ2) is 9.93. The largest absolute Gasteiger partial charge is 0.311 e. The van der Waals surface area contributed by atoms with Gasteiger partial charge in [0.1, 0.15) is 5.82 Å². The van der Waals surface area contributed by atoms with Crippen molar-refractivity contribution >= 4 is 27.8 Å². The number of piperidine rings is 1. The van der Waals surface area contributed by atoms with E-state index in [4.69, 9.17) is 0 Å². The lowest BCUT2D eigenvalue weighted by Gasteiger charge is -2.29. The smallest absolute Gasteiger partial charge is 0.236 e. The lowest BCUT2D eigenvalue weighted by Crippen LogP contribution is -2.40. The second-order valence-electron chi connectivity index (χ2n) is 7.78. The van der Waals surface area contributed by atoms with Crippen molar-refractivity contribution in [3.8, 4) is 0 Å². The van der Waals surface area contributed by atoms with E-state index in [9.17, 15) is 13.2 Å². The van der Waals surface area contributed by atoms with Crippen molar-refractivity contribution in [1.82, 2.24) is 14.1 Å². The van der Waals surface area contributed by atoms with E-state index >= 15 is 0 Å². The van der Waals surface area contributed by atoms with E-state index in [1.807, 2.05) is 60.7 Å². The standard InChI is InChI=1S/C24H26N4O3S/c29-24(26-23-11-15-25-28(23)19-21-9-5-2-6-10-21)22-12-16-27(17-13-22)32(30,31)18-14-20-7-3-1-4-8-20/h1-11,14-15,18,22H,12-13,16-17,19H2,(H,26,29)/b18-14+. The van der Waals surface area contributed by atoms with E-state index < -0.39 is 10.0 Å². The van der Waals surface area contributed by atoms with Crippen LogP contribution in [0.5, 0.6) is 0 Å². The maximum atomic E-state index is 12.8. The van der Waals surface area contributed by atoms with Crippen LogP contribution in [-0.4, -0.2) is 41.5 Å². The minimum absolute atomic E-state index is 0.100. The summed E-state index contributed by atoms with van der Waals surface area (Å²) in [5.74, 6) is 0.302. The number of sulfonamides is 1. The van der Waals surface area contributed by atoms with Gasteiger partial charge in [-0.2, -0.15) is 9.40 Å². The molecule has 0 unspecified atom stereocenters. The van der Waals surface area contributed by atoms with Crippen LogP contribution in [-0.2, 0) is 21.4 Å². The van der Waals surface area contributed by atoms with Gasteiger partial charge in [0.05, 0.1) is 12.7 Å². The Morgan fingerprint density at radius 1 is 1.00 bits per heavy atom. The lowest BCUT2D eigenvalue weighted by atomic mass is 9.97. The zero-order valence-corrected chi connectivity index (χ0v) is 18.5. The molecule has 3 aromatic rings. The number of carbonyl (C=O) groups excluding carboxylic acids is 1. The molecule has 1 saturated heterocycles. The molecule has 1 aliphatic rings. The molecule has 0 bridgehead atoms. The molecule has 4 rings (SSSR count). The SMILES string of the molecule is O=C(Nc1ccnn1Cc1ccccc1)C1CCN(S(=O)(=O)/C=C/c2ccccc2)CC1. The first kappa shape index (κ1) is 22.0. The fraction of sp³-hybridized carbons (Fsp3) is 0.250. The maximum Gasteiger partial charge on any atom is 0.236 e. The molecule has 1 amide bonds. The van der Waals surface area contributed by atoms with Gasteiger partial charge in [0.25, 0.3) is 0 Å². The monoisotopic (exact) mass is 450 g/mol. The number of anilines is 1. The molecule has 7 nitrogen and oxygen atoms in total. The number of rotatable bonds is 7. The Kier molecular flexibility index (Phi) is 6.82. The quantitative estimate of drug-likeness (QED) is 0.596. The van der Waals surface area contributed by atoms with Crippen molar-refractivity contribution in [2.24, 2.45) is 5.92 Å². The number of hydrogen-bond acceptors (Lipinski definition) is 4. The van der Waals surface area contributed by atoms with Gasteiger partial charge in [-0.15, -0.1) is 0 Å². The number of nitrogens with one attached hydrogen (secondary N) is 1. The van der Waals surface area contributed by atoms with Crippen LogP contribution >= 0.6 is 0 Å². The van der Waals surface area contributed by atoms with Crippen LogP contribution in [0.25, 0.3) is 6.08 Å². The highest BCUT2D eigenvalue weighted by Gasteiger charge is 2.30. The fourth-order valence-corrected chi connectivity index (χ4v) is 4.96. The molecule has 0 saturated carbocycles. The van der Waals surface area contributed by atoms with Crippen molar-refractivity contribution in [1.29, 1.82) is 0 Å². The van der Waals surface area contributed by atoms with E-state index in [1.165, 1.54) is 9.71 Å². The average molecular weight is 451 g/mol. The minimum Gasteiger partial charge on any atom is -0.311 e. The van der Waals surface area contributed by atoms with Gasteiger partial charge in [0.15, 0.2) is 0 Å². The Bertz CT molecular complexity index is 1170. The van der Waals surface area contributed by atoms with Crippen LogP contribution < -0.4 is 5.32 Å². The summed E-state index contributed by atoms with van der Waals surface area (Å²) in [4.78, 5) is 12.8. The van der Waals surface area contributed by atoms with E-state index in [0.717, 1.165) is 11.1 Å². The molecule has 1 N–H and O–H groups in total. The third-order valence-electron chi connectivity index (χ3n) is 5.56. The van der Waals surface area contributed by atoms with Crippen LogP contribution in [0.2, 0.25) is 0 Å². The molecule has 1 aromatic heterocycles. The van der Waals surface area contributed by atoms with E-state index in [-0.39, 0.29) is 11.8 Å². The number of aromatic nitrogens is 2. The first-order valence-corrected chi connectivity index (χ1v) is 12.1. The minimum atomic E-state index is -3.51. The Morgan fingerprint density at radius 3 is 2.34 bits per heavy atom. The molecule has 0 atom stereocenters. The predicted octanol–water partition coefficient (Wildman–Crippen LogP) is 3.58. The Balaban J connectivity index is 1.32. The Hall–Kier alpha value is -3.23. The molecule has 2 aromatic carbocycles. The van der Waals surface area contributed by atoms with E-state index in [1.54, 1.807) is 23.0 Å². The van der Waals surface area contributed by atoms with E-state index in [2.05, 4.69) is 10.4 Å². The van der Waals surface area contributed by atoms with Crippen LogP contribution in [0.4, 0.5) is 5.82 Å². The maximum absolute atomic E-state index is 12.8. The number of hydrogen-bond donors (Lipinski definition) is 1. The van der Waals surface area contributed by atoms with Crippen molar-refractivity contribution < 1.29 is 13.2 Å². The summed E-state index contributed by atoms with van der Waals surface area (Å²) >= 11 is 0. The summed E-state index contributed by atoms with van der Waals surface area (Å²) in [5, 5.41) is 8.51. The molecule has 32 heavy (non-hydrogen) atoms. The van der Waals surface area contributed by atoms with Crippen LogP contribution in [0.3, 0.4) is 0 Å². The van der Waals surface area contributed by atoms with Gasteiger partial charge >= 0.3 is 0 Å². The van der Waals surface area contributed by atoms with Crippen molar-refractivity contribution in [3.05, 3.63) is 89.5 Å². The first-order valence-electron chi connectivity index (χ1n) is 10.6. The molecular formula is C24H26N4O3S. The van der Waals surface area contributed by atoms with Crippen LogP contribution in [0.15, 0.2) is 78.3 Å². The van der Waals surface area contributed by atoms with Gasteiger partial charge < -0.3 is 5.32 Å². The molecule has 0 radical (unpaired) electrons. The third-order valence-corrected chi connectivity index (χ3v) is 7.12. The van der Waals surface area contributed by atoms with Crippen LogP contribution in [0, 0.1) is 5.92 Å². The molecule has 1 aliphatic heterocycles. The second-order valence-corrected chi connectivity index (χ2v) is 9.60. The van der Waals surface area contributed by atoms with E-state index in [0.29, 0.717) is 38.3 Å². The molecule has 166 valence electrons. The number of carbonyl (C=O) groups is 1.